The molecule has 1 aliphatic heterocycles. The number of hydrogen-bond donors (Lipinski definition) is 3. The molecule has 0 saturated carbocycles. The number of benzene rings is 2. The normalized spacial score (nSPS) is 13.1. The maximum absolute atomic E-state index is 12.9. The predicted octanol–water partition coefficient (Wildman–Crippen LogP) is 5.63. The summed E-state index contributed by atoms with van der Waals surface area (Å²) in [7, 11) is 1.70. The Balaban J connectivity index is 1.48. The fourth-order valence-electron chi connectivity index (χ4n) is 5.33. The van der Waals surface area contributed by atoms with Crippen molar-refractivity contribution in [3.63, 3.8) is 0 Å². The summed E-state index contributed by atoms with van der Waals surface area (Å²) in [5.74, 6) is 1.11. The van der Waals surface area contributed by atoms with E-state index in [1.54, 1.807) is 19.3 Å². The number of carbonyl (C=O) groups excluding carboxylic acids is 2. The Morgan fingerprint density at radius 1 is 1.00 bits per heavy atom. The summed E-state index contributed by atoms with van der Waals surface area (Å²) in [5, 5.41) is 6.46. The molecule has 0 aliphatic carbocycles. The Labute approximate surface area is 233 Å². The average molecular weight is 542 g/mol. The summed E-state index contributed by atoms with van der Waals surface area (Å²) in [6.45, 7) is 9.83. The highest BCUT2D eigenvalue weighted by molar-refractivity contribution is 6.02. The van der Waals surface area contributed by atoms with Gasteiger partial charge in [0.25, 0.3) is 11.5 Å². The summed E-state index contributed by atoms with van der Waals surface area (Å²) < 4.78 is 7.94. The number of anilines is 1. The predicted molar refractivity (Wildman–Crippen MR) is 158 cm³/mol. The third kappa shape index (κ3) is 5.32. The Kier molecular flexibility index (Phi) is 7.38. The van der Waals surface area contributed by atoms with Crippen LogP contribution in [0.3, 0.4) is 0 Å². The minimum Gasteiger partial charge on any atom is -0.457 e. The smallest absolute Gasteiger partial charge is 0.321 e. The van der Waals surface area contributed by atoms with Crippen molar-refractivity contribution in [2.45, 2.75) is 40.5 Å². The molecule has 3 heterocycles. The zero-order chi connectivity index (χ0) is 28.6. The van der Waals surface area contributed by atoms with Gasteiger partial charge in [-0.05, 0) is 93.1 Å². The SMILES string of the molecule is CCNC(=O)c1cc2c(-c3cc(C)cc(Oc4c(C)cc(NC(=O)N5CCCC5)cc4C)c3)cn(C)c(=O)c2[nH]1. The van der Waals surface area contributed by atoms with Crippen LogP contribution in [0.1, 0.15) is 46.9 Å². The molecule has 0 radical (unpaired) electrons. The van der Waals surface area contributed by atoms with Crippen molar-refractivity contribution >= 4 is 28.5 Å². The molecule has 5 rings (SSSR count). The minimum atomic E-state index is -0.258. The highest BCUT2D eigenvalue weighted by atomic mass is 16.5. The number of fused-ring (bicyclic) bond motifs is 1. The lowest BCUT2D eigenvalue weighted by Gasteiger charge is -2.19. The van der Waals surface area contributed by atoms with E-state index in [9.17, 15) is 14.4 Å². The fourth-order valence-corrected chi connectivity index (χ4v) is 5.33. The first-order valence-electron chi connectivity index (χ1n) is 13.6. The first-order valence-corrected chi connectivity index (χ1v) is 13.6. The summed E-state index contributed by atoms with van der Waals surface area (Å²) >= 11 is 0. The van der Waals surface area contributed by atoms with Gasteiger partial charge in [-0.25, -0.2) is 4.79 Å². The van der Waals surface area contributed by atoms with Gasteiger partial charge in [0.05, 0.1) is 0 Å². The highest BCUT2D eigenvalue weighted by Crippen LogP contribution is 2.36. The summed E-state index contributed by atoms with van der Waals surface area (Å²) in [6.07, 6.45) is 3.87. The minimum absolute atomic E-state index is 0.0723. The molecule has 2 aromatic carbocycles. The number of aryl methyl sites for hydroxylation is 4. The summed E-state index contributed by atoms with van der Waals surface area (Å²) in [4.78, 5) is 42.8. The van der Waals surface area contributed by atoms with Crippen LogP contribution in [0, 0.1) is 20.8 Å². The van der Waals surface area contributed by atoms with Crippen molar-refractivity contribution in [2.75, 3.05) is 25.0 Å². The van der Waals surface area contributed by atoms with Crippen molar-refractivity contribution < 1.29 is 14.3 Å². The number of pyridine rings is 1. The monoisotopic (exact) mass is 541 g/mol. The number of amides is 3. The largest absolute Gasteiger partial charge is 0.457 e. The zero-order valence-electron chi connectivity index (χ0n) is 23.6. The molecule has 3 amide bonds. The van der Waals surface area contributed by atoms with Gasteiger partial charge in [-0.15, -0.1) is 0 Å². The molecule has 0 atom stereocenters. The highest BCUT2D eigenvalue weighted by Gasteiger charge is 2.20. The number of aromatic nitrogens is 2. The Morgan fingerprint density at radius 3 is 2.38 bits per heavy atom. The van der Waals surface area contributed by atoms with Gasteiger partial charge in [-0.3, -0.25) is 9.59 Å². The van der Waals surface area contributed by atoms with Crippen LogP contribution < -0.4 is 20.9 Å². The maximum Gasteiger partial charge on any atom is 0.321 e. The lowest BCUT2D eigenvalue weighted by Crippen LogP contribution is -2.32. The molecule has 9 heteroatoms. The van der Waals surface area contributed by atoms with Crippen molar-refractivity contribution in [3.8, 4) is 22.6 Å². The molecule has 3 N–H and O–H groups in total. The van der Waals surface area contributed by atoms with E-state index in [0.717, 1.165) is 65.2 Å². The lowest BCUT2D eigenvalue weighted by molar-refractivity contribution is 0.0951. The first kappa shape index (κ1) is 27.1. The average Bonchev–Trinajstić information content (AvgIpc) is 3.59. The third-order valence-electron chi connectivity index (χ3n) is 7.23. The quantitative estimate of drug-likeness (QED) is 0.294. The standard InChI is InChI=1S/C31H35N5O4/c1-6-32-29(37)26-16-24-25(17-35(5)30(38)27(24)34-26)21-11-18(2)12-23(15-21)40-28-19(3)13-22(14-20(28)4)33-31(39)36-9-7-8-10-36/h11-17,34H,6-10H2,1-5H3,(H,32,37)(H,33,39). The van der Waals surface area contributed by atoms with Crippen LogP contribution in [0.4, 0.5) is 10.5 Å². The van der Waals surface area contributed by atoms with Gasteiger partial charge in [0.2, 0.25) is 0 Å². The molecule has 0 bridgehead atoms. The molecular weight excluding hydrogens is 506 g/mol. The van der Waals surface area contributed by atoms with Crippen LogP contribution in [0.25, 0.3) is 22.0 Å². The molecule has 0 spiro atoms. The number of nitrogens with one attached hydrogen (secondary N) is 3. The van der Waals surface area contributed by atoms with Crippen LogP contribution in [-0.2, 0) is 7.05 Å². The lowest BCUT2D eigenvalue weighted by atomic mass is 10.0. The number of nitrogens with zero attached hydrogens (tertiary/aromatic N) is 2. The van der Waals surface area contributed by atoms with Gasteiger partial charge in [-0.2, -0.15) is 0 Å². The van der Waals surface area contributed by atoms with Crippen molar-refractivity contribution in [1.82, 2.24) is 19.8 Å². The van der Waals surface area contributed by atoms with Gasteiger partial charge >= 0.3 is 6.03 Å². The molecule has 40 heavy (non-hydrogen) atoms. The van der Waals surface area contributed by atoms with E-state index in [1.165, 1.54) is 4.57 Å². The van der Waals surface area contributed by atoms with Crippen LogP contribution in [0.15, 0.2) is 47.4 Å². The molecule has 208 valence electrons. The van der Waals surface area contributed by atoms with E-state index in [0.29, 0.717) is 28.9 Å². The van der Waals surface area contributed by atoms with Gasteiger partial charge < -0.3 is 29.8 Å². The molecule has 1 saturated heterocycles. The van der Waals surface area contributed by atoms with E-state index in [-0.39, 0.29) is 17.5 Å². The van der Waals surface area contributed by atoms with E-state index in [2.05, 4.69) is 15.6 Å². The number of aromatic amines is 1. The molecule has 9 nitrogen and oxygen atoms in total. The second-order valence-corrected chi connectivity index (χ2v) is 10.5. The van der Waals surface area contributed by atoms with Crippen molar-refractivity contribution in [1.29, 1.82) is 0 Å². The summed E-state index contributed by atoms with van der Waals surface area (Å²) in [6, 6.07) is 11.4. The number of rotatable bonds is 6. The Bertz CT molecular complexity index is 1650. The van der Waals surface area contributed by atoms with Gasteiger partial charge in [-0.1, -0.05) is 6.07 Å². The van der Waals surface area contributed by atoms with E-state index in [4.69, 9.17) is 4.74 Å². The van der Waals surface area contributed by atoms with E-state index in [1.807, 2.05) is 62.9 Å². The molecule has 4 aromatic rings. The van der Waals surface area contributed by atoms with Crippen LogP contribution in [0.2, 0.25) is 0 Å². The van der Waals surface area contributed by atoms with Gasteiger partial charge in [0, 0.05) is 49.5 Å². The first-order chi connectivity index (χ1) is 19.1. The topological polar surface area (TPSA) is 108 Å². The number of likely N-dealkylation sites (tertiary alicyclic amines) is 1. The molecule has 1 fully saturated rings. The van der Waals surface area contributed by atoms with E-state index < -0.39 is 0 Å². The zero-order valence-corrected chi connectivity index (χ0v) is 23.6. The van der Waals surface area contributed by atoms with Gasteiger partial charge in [0.1, 0.15) is 22.7 Å². The second kappa shape index (κ2) is 10.9. The van der Waals surface area contributed by atoms with Crippen LogP contribution in [-0.4, -0.2) is 46.0 Å². The number of H-pyrrole nitrogens is 1. The Morgan fingerprint density at radius 2 is 1.70 bits per heavy atom. The van der Waals surface area contributed by atoms with Crippen molar-refractivity contribution in [2.24, 2.45) is 7.05 Å². The fraction of sp³-hybridized carbons (Fsp3) is 0.323. The molecular formula is C31H35N5O4. The van der Waals surface area contributed by atoms with Gasteiger partial charge in [0.15, 0.2) is 0 Å². The molecule has 0 unspecified atom stereocenters. The van der Waals surface area contributed by atoms with Crippen LogP contribution >= 0.6 is 0 Å². The molecule has 1 aliphatic rings. The number of urea groups is 1. The number of hydrogen-bond acceptors (Lipinski definition) is 4. The number of ether oxygens (including phenoxy) is 1. The van der Waals surface area contributed by atoms with Crippen LogP contribution in [0.5, 0.6) is 11.5 Å². The van der Waals surface area contributed by atoms with E-state index >= 15 is 0 Å². The third-order valence-corrected chi connectivity index (χ3v) is 7.23. The maximum atomic E-state index is 12.9. The second-order valence-electron chi connectivity index (χ2n) is 10.5. The number of carbonyl (C=O) groups is 2. The molecule has 2 aromatic heterocycles. The van der Waals surface area contributed by atoms with Crippen molar-refractivity contribution in [3.05, 3.63) is 75.3 Å². The Hall–Kier alpha value is -4.53. The summed E-state index contributed by atoms with van der Waals surface area (Å²) in [5.41, 5.74) is 5.72.